The van der Waals surface area contributed by atoms with Crippen LogP contribution in [-0.2, 0) is 4.74 Å². The van der Waals surface area contributed by atoms with E-state index in [1.54, 1.807) is 12.3 Å². The highest BCUT2D eigenvalue weighted by Crippen LogP contribution is 2.15. The van der Waals surface area contributed by atoms with Crippen LogP contribution >= 0.6 is 0 Å². The quantitative estimate of drug-likeness (QED) is 0.810. The van der Waals surface area contributed by atoms with Gasteiger partial charge in [-0.1, -0.05) is 0 Å². The predicted octanol–water partition coefficient (Wildman–Crippen LogP) is 0.820. The number of carbonyl (C=O) groups excluding carboxylic acids is 1. The van der Waals surface area contributed by atoms with Gasteiger partial charge in [0.25, 0.3) is 5.91 Å². The number of nitrogen functional groups attached to an aromatic ring is 1. The molecule has 5 heteroatoms. The molecule has 92 valence electrons. The third kappa shape index (κ3) is 3.17. The number of ether oxygens (including phenoxy) is 1. The zero-order valence-electron chi connectivity index (χ0n) is 9.69. The van der Waals surface area contributed by atoms with Gasteiger partial charge in [-0.3, -0.25) is 9.78 Å². The molecule has 17 heavy (non-hydrogen) atoms. The van der Waals surface area contributed by atoms with Gasteiger partial charge in [0.1, 0.15) is 0 Å². The number of pyridine rings is 1. The fraction of sp³-hybridized carbons (Fsp3) is 0.500. The molecule has 0 radical (unpaired) electrons. The molecule has 0 aromatic carbocycles. The summed E-state index contributed by atoms with van der Waals surface area (Å²) in [6.45, 7) is 2.32. The SMILES string of the molecule is Nc1cnccc1C(=O)NCCC1CCOC1. The van der Waals surface area contributed by atoms with E-state index in [1.807, 2.05) is 0 Å². The smallest absolute Gasteiger partial charge is 0.253 e. The summed E-state index contributed by atoms with van der Waals surface area (Å²) in [6.07, 6.45) is 5.10. The second-order valence-corrected chi connectivity index (χ2v) is 4.24. The average molecular weight is 235 g/mol. The Morgan fingerprint density at radius 2 is 2.53 bits per heavy atom. The standard InChI is InChI=1S/C12H17N3O2/c13-11-7-14-4-2-10(11)12(16)15-5-1-9-3-6-17-8-9/h2,4,7,9H,1,3,5-6,8,13H2,(H,15,16). The number of nitrogens with zero attached hydrogens (tertiary/aromatic N) is 1. The van der Waals surface area contributed by atoms with Gasteiger partial charge in [0.05, 0.1) is 17.4 Å². The van der Waals surface area contributed by atoms with Gasteiger partial charge in [-0.2, -0.15) is 0 Å². The van der Waals surface area contributed by atoms with E-state index in [4.69, 9.17) is 10.5 Å². The minimum atomic E-state index is -0.135. The van der Waals surface area contributed by atoms with Crippen LogP contribution in [0.4, 0.5) is 5.69 Å². The summed E-state index contributed by atoms with van der Waals surface area (Å²) in [5, 5.41) is 2.86. The van der Waals surface area contributed by atoms with E-state index in [1.165, 1.54) is 6.20 Å². The lowest BCUT2D eigenvalue weighted by molar-refractivity contribution is 0.0951. The molecule has 0 aliphatic carbocycles. The average Bonchev–Trinajstić information content (AvgIpc) is 2.82. The molecular weight excluding hydrogens is 218 g/mol. The number of aromatic nitrogens is 1. The number of anilines is 1. The monoisotopic (exact) mass is 235 g/mol. The Balaban J connectivity index is 1.79. The number of nitrogens with two attached hydrogens (primary N) is 1. The Morgan fingerprint density at radius 1 is 1.65 bits per heavy atom. The third-order valence-electron chi connectivity index (χ3n) is 2.96. The highest BCUT2D eigenvalue weighted by atomic mass is 16.5. The Hall–Kier alpha value is -1.62. The maximum Gasteiger partial charge on any atom is 0.253 e. The molecule has 0 bridgehead atoms. The van der Waals surface area contributed by atoms with E-state index in [0.717, 1.165) is 26.1 Å². The fourth-order valence-corrected chi connectivity index (χ4v) is 1.91. The number of hydrogen-bond acceptors (Lipinski definition) is 4. The molecule has 5 nitrogen and oxygen atoms in total. The van der Waals surface area contributed by atoms with Crippen LogP contribution in [0.2, 0.25) is 0 Å². The second kappa shape index (κ2) is 5.63. The molecule has 0 spiro atoms. The molecule has 3 N–H and O–H groups in total. The van der Waals surface area contributed by atoms with Crippen LogP contribution in [0, 0.1) is 5.92 Å². The first-order chi connectivity index (χ1) is 8.27. The molecule has 1 fully saturated rings. The molecule has 1 saturated heterocycles. The van der Waals surface area contributed by atoms with E-state index >= 15 is 0 Å². The van der Waals surface area contributed by atoms with Crippen molar-refractivity contribution in [3.63, 3.8) is 0 Å². The van der Waals surface area contributed by atoms with Crippen molar-refractivity contribution in [2.45, 2.75) is 12.8 Å². The Bertz CT molecular complexity index is 389. The van der Waals surface area contributed by atoms with Crippen LogP contribution in [0.25, 0.3) is 0 Å². The molecule has 1 aliphatic rings. The zero-order chi connectivity index (χ0) is 12.1. The van der Waals surface area contributed by atoms with Crippen molar-refractivity contribution in [1.29, 1.82) is 0 Å². The third-order valence-corrected chi connectivity index (χ3v) is 2.96. The summed E-state index contributed by atoms with van der Waals surface area (Å²) in [7, 11) is 0. The van der Waals surface area contributed by atoms with Gasteiger partial charge in [-0.25, -0.2) is 0 Å². The molecule has 1 atom stereocenters. The Kier molecular flexibility index (Phi) is 3.93. The number of nitrogens with one attached hydrogen (secondary N) is 1. The Labute approximate surface area is 100 Å². The maximum absolute atomic E-state index is 11.8. The van der Waals surface area contributed by atoms with E-state index in [0.29, 0.717) is 23.7 Å². The van der Waals surface area contributed by atoms with E-state index in [9.17, 15) is 4.79 Å². The molecule has 0 saturated carbocycles. The number of rotatable bonds is 4. The van der Waals surface area contributed by atoms with Crippen molar-refractivity contribution >= 4 is 11.6 Å². The molecular formula is C12H17N3O2. The minimum absolute atomic E-state index is 0.135. The van der Waals surface area contributed by atoms with Crippen molar-refractivity contribution in [2.75, 3.05) is 25.5 Å². The van der Waals surface area contributed by atoms with E-state index < -0.39 is 0 Å². The van der Waals surface area contributed by atoms with Gasteiger partial charge in [-0.15, -0.1) is 0 Å². The summed E-state index contributed by atoms with van der Waals surface area (Å²) >= 11 is 0. The minimum Gasteiger partial charge on any atom is -0.397 e. The molecule has 1 aromatic rings. The van der Waals surface area contributed by atoms with Crippen molar-refractivity contribution in [3.05, 3.63) is 24.0 Å². The van der Waals surface area contributed by atoms with Gasteiger partial charge < -0.3 is 15.8 Å². The number of carbonyl (C=O) groups is 1. The first-order valence-corrected chi connectivity index (χ1v) is 5.83. The van der Waals surface area contributed by atoms with Gasteiger partial charge in [-0.05, 0) is 24.8 Å². The van der Waals surface area contributed by atoms with E-state index in [-0.39, 0.29) is 5.91 Å². The van der Waals surface area contributed by atoms with Crippen LogP contribution in [0.15, 0.2) is 18.5 Å². The predicted molar refractivity (Wildman–Crippen MR) is 64.5 cm³/mol. The van der Waals surface area contributed by atoms with Crippen molar-refractivity contribution in [1.82, 2.24) is 10.3 Å². The summed E-state index contributed by atoms with van der Waals surface area (Å²) in [5.74, 6) is 0.439. The van der Waals surface area contributed by atoms with E-state index in [2.05, 4.69) is 10.3 Å². The number of hydrogen-bond donors (Lipinski definition) is 2. The summed E-state index contributed by atoms with van der Waals surface area (Å²) in [4.78, 5) is 15.6. The van der Waals surface area contributed by atoms with Crippen molar-refractivity contribution < 1.29 is 9.53 Å². The maximum atomic E-state index is 11.8. The van der Waals surface area contributed by atoms with Crippen LogP contribution < -0.4 is 11.1 Å². The Morgan fingerprint density at radius 3 is 3.24 bits per heavy atom. The second-order valence-electron chi connectivity index (χ2n) is 4.24. The van der Waals surface area contributed by atoms with Crippen LogP contribution in [0.5, 0.6) is 0 Å². The lowest BCUT2D eigenvalue weighted by atomic mass is 10.1. The number of amides is 1. The largest absolute Gasteiger partial charge is 0.397 e. The van der Waals surface area contributed by atoms with Crippen LogP contribution in [-0.4, -0.2) is 30.6 Å². The molecule has 1 amide bonds. The van der Waals surface area contributed by atoms with Gasteiger partial charge in [0.2, 0.25) is 0 Å². The topological polar surface area (TPSA) is 77.2 Å². The molecule has 1 aliphatic heterocycles. The molecule has 1 aromatic heterocycles. The summed E-state index contributed by atoms with van der Waals surface area (Å²) in [6, 6.07) is 1.63. The first kappa shape index (κ1) is 11.9. The van der Waals surface area contributed by atoms with Crippen LogP contribution in [0.1, 0.15) is 23.2 Å². The fourth-order valence-electron chi connectivity index (χ4n) is 1.91. The van der Waals surface area contributed by atoms with Crippen molar-refractivity contribution in [3.8, 4) is 0 Å². The summed E-state index contributed by atoms with van der Waals surface area (Å²) < 4.78 is 5.28. The van der Waals surface area contributed by atoms with Gasteiger partial charge in [0.15, 0.2) is 0 Å². The molecule has 2 heterocycles. The highest BCUT2D eigenvalue weighted by molar-refractivity contribution is 5.98. The summed E-state index contributed by atoms with van der Waals surface area (Å²) in [5.41, 5.74) is 6.57. The molecule has 2 rings (SSSR count). The van der Waals surface area contributed by atoms with Crippen molar-refractivity contribution in [2.24, 2.45) is 5.92 Å². The normalized spacial score (nSPS) is 19.2. The van der Waals surface area contributed by atoms with Crippen LogP contribution in [0.3, 0.4) is 0 Å². The highest BCUT2D eigenvalue weighted by Gasteiger charge is 2.16. The first-order valence-electron chi connectivity index (χ1n) is 5.83. The lowest BCUT2D eigenvalue weighted by Gasteiger charge is -2.09. The lowest BCUT2D eigenvalue weighted by Crippen LogP contribution is -2.26. The zero-order valence-corrected chi connectivity index (χ0v) is 9.69. The molecule has 1 unspecified atom stereocenters. The van der Waals surface area contributed by atoms with Gasteiger partial charge in [0, 0.05) is 26.0 Å². The van der Waals surface area contributed by atoms with Gasteiger partial charge >= 0.3 is 0 Å².